The molecule has 0 unspecified atom stereocenters. The Labute approximate surface area is 97.8 Å². The van der Waals surface area contributed by atoms with Gasteiger partial charge in [-0.15, -0.1) is 0 Å². The van der Waals surface area contributed by atoms with Gasteiger partial charge in [0.25, 0.3) is 0 Å². The number of nitrogens with two attached hydrogens (primary N) is 2. The van der Waals surface area contributed by atoms with Crippen LogP contribution in [0.15, 0.2) is 0 Å². The van der Waals surface area contributed by atoms with E-state index >= 15 is 0 Å². The normalized spacial score (nSPS) is 12.1. The van der Waals surface area contributed by atoms with Crippen molar-refractivity contribution in [2.24, 2.45) is 16.9 Å². The first-order chi connectivity index (χ1) is 7.69. The number of carbonyl (C=O) groups is 2. The van der Waals surface area contributed by atoms with Gasteiger partial charge >= 0.3 is 0 Å². The Morgan fingerprint density at radius 1 is 1.00 bits per heavy atom. The molecule has 0 aliphatic rings. The molecule has 0 aliphatic heterocycles. The molecule has 0 saturated carbocycles. The monoisotopic (exact) mass is 250 g/mol. The van der Waals surface area contributed by atoms with E-state index in [9.17, 15) is 9.59 Å². The lowest BCUT2D eigenvalue weighted by molar-refractivity contribution is -0.149. The number of aliphatic hydroxyl groups excluding tert-OH is 2. The molecule has 0 bridgehead atoms. The molecule has 0 heterocycles. The highest BCUT2D eigenvalue weighted by molar-refractivity contribution is 5.82. The van der Waals surface area contributed by atoms with Crippen molar-refractivity contribution in [2.75, 3.05) is 0 Å². The molecule has 0 saturated heterocycles. The fourth-order valence-corrected chi connectivity index (χ4v) is 1.67. The number of carbonyl (C=O) groups excluding carboxylic acids is 2. The lowest BCUT2D eigenvalue weighted by Gasteiger charge is -2.31. The quantitative estimate of drug-likeness (QED) is 0.253. The molecular weight excluding hydrogens is 232 g/mol. The van der Waals surface area contributed by atoms with Gasteiger partial charge < -0.3 is 31.9 Å². The molecule has 100 valence electrons. The lowest BCUT2D eigenvalue weighted by Crippen LogP contribution is -2.43. The number of hydrogen-bond donors (Lipinski definition) is 6. The van der Waals surface area contributed by atoms with Gasteiger partial charge in [0.05, 0.1) is 5.41 Å². The Morgan fingerprint density at radius 3 is 1.65 bits per heavy atom. The minimum Gasteiger partial charge on any atom is -0.370 e. The van der Waals surface area contributed by atoms with E-state index in [2.05, 4.69) is 0 Å². The first kappa shape index (κ1) is 15.8. The van der Waals surface area contributed by atoms with E-state index in [-0.39, 0.29) is 12.8 Å². The van der Waals surface area contributed by atoms with Crippen LogP contribution in [0.25, 0.3) is 0 Å². The summed E-state index contributed by atoms with van der Waals surface area (Å²) in [4.78, 5) is 22.0. The van der Waals surface area contributed by atoms with Crippen molar-refractivity contribution >= 4 is 11.8 Å². The third-order valence-corrected chi connectivity index (χ3v) is 2.52. The number of rotatable bonds is 8. The lowest BCUT2D eigenvalue weighted by atomic mass is 9.75. The van der Waals surface area contributed by atoms with Gasteiger partial charge in [0.15, 0.2) is 12.6 Å². The van der Waals surface area contributed by atoms with Crippen molar-refractivity contribution in [1.29, 1.82) is 0 Å². The van der Waals surface area contributed by atoms with Gasteiger partial charge in [-0.05, 0) is 6.42 Å². The molecule has 0 aromatic rings. The predicted octanol–water partition coefficient (Wildman–Crippen LogP) is -2.87. The van der Waals surface area contributed by atoms with Crippen LogP contribution in [0.1, 0.15) is 25.7 Å². The predicted molar refractivity (Wildman–Crippen MR) is 55.7 cm³/mol. The molecule has 8 N–H and O–H groups in total. The smallest absolute Gasteiger partial charge is 0.224 e. The van der Waals surface area contributed by atoms with Crippen molar-refractivity contribution in [3.63, 3.8) is 0 Å². The Bertz CT molecular complexity index is 269. The van der Waals surface area contributed by atoms with Crippen LogP contribution < -0.4 is 11.5 Å². The third kappa shape index (κ3) is 5.59. The van der Waals surface area contributed by atoms with Crippen molar-refractivity contribution in [1.82, 2.24) is 0 Å². The summed E-state index contributed by atoms with van der Waals surface area (Å²) >= 11 is 0. The van der Waals surface area contributed by atoms with Gasteiger partial charge in [-0.3, -0.25) is 9.59 Å². The van der Waals surface area contributed by atoms with Crippen molar-refractivity contribution in [3.05, 3.63) is 0 Å². The second-order valence-corrected chi connectivity index (χ2v) is 3.98. The Balaban J connectivity index is 4.94. The van der Waals surface area contributed by atoms with Crippen molar-refractivity contribution in [2.45, 2.75) is 38.3 Å². The fraction of sp³-hybridized carbons (Fsp3) is 0.778. The summed E-state index contributed by atoms with van der Waals surface area (Å²) in [7, 11) is 0. The molecule has 8 nitrogen and oxygen atoms in total. The summed E-state index contributed by atoms with van der Waals surface area (Å²) in [6.45, 7) is 0. The van der Waals surface area contributed by atoms with E-state index in [0.29, 0.717) is 0 Å². The van der Waals surface area contributed by atoms with Crippen LogP contribution in [0, 0.1) is 5.41 Å². The third-order valence-electron chi connectivity index (χ3n) is 2.52. The number of amides is 2. The molecule has 8 heteroatoms. The zero-order valence-electron chi connectivity index (χ0n) is 9.24. The molecule has 0 rings (SSSR count). The molecule has 0 aromatic carbocycles. The second-order valence-electron chi connectivity index (χ2n) is 3.98. The SMILES string of the molecule is NC(=O)CCC(CC(O)O)(CC(O)O)C(N)=O. The Kier molecular flexibility index (Phi) is 6.03. The largest absolute Gasteiger partial charge is 0.370 e. The van der Waals surface area contributed by atoms with Gasteiger partial charge in [-0.1, -0.05) is 0 Å². The molecule has 0 aromatic heterocycles. The van der Waals surface area contributed by atoms with Crippen LogP contribution in [0.4, 0.5) is 0 Å². The van der Waals surface area contributed by atoms with Gasteiger partial charge in [0.2, 0.25) is 11.8 Å². The van der Waals surface area contributed by atoms with Crippen LogP contribution in [-0.4, -0.2) is 44.8 Å². The van der Waals surface area contributed by atoms with Crippen LogP contribution >= 0.6 is 0 Å². The maximum absolute atomic E-state index is 11.3. The first-order valence-corrected chi connectivity index (χ1v) is 5.00. The van der Waals surface area contributed by atoms with Crippen LogP contribution in [-0.2, 0) is 9.59 Å². The summed E-state index contributed by atoms with van der Waals surface area (Å²) in [5.74, 6) is -1.64. The zero-order valence-corrected chi connectivity index (χ0v) is 9.24. The van der Waals surface area contributed by atoms with E-state index in [1.165, 1.54) is 0 Å². The van der Waals surface area contributed by atoms with Crippen LogP contribution in [0.3, 0.4) is 0 Å². The van der Waals surface area contributed by atoms with Crippen molar-refractivity contribution < 1.29 is 30.0 Å². The van der Waals surface area contributed by atoms with Gasteiger partial charge in [-0.25, -0.2) is 0 Å². The topological polar surface area (TPSA) is 167 Å². The van der Waals surface area contributed by atoms with Crippen LogP contribution in [0.5, 0.6) is 0 Å². The van der Waals surface area contributed by atoms with E-state index in [0.717, 1.165) is 0 Å². The van der Waals surface area contributed by atoms with E-state index in [1.807, 2.05) is 0 Å². The minimum atomic E-state index is -1.85. The Morgan fingerprint density at radius 2 is 1.41 bits per heavy atom. The molecule has 0 spiro atoms. The van der Waals surface area contributed by atoms with Crippen LogP contribution in [0.2, 0.25) is 0 Å². The molecule has 17 heavy (non-hydrogen) atoms. The standard InChI is InChI=1S/C9H18N2O6/c10-5(12)1-2-9(8(11)17,3-6(13)14)4-7(15)16/h6-7,13-16H,1-4H2,(H2,10,12)(H2,11,17). The first-order valence-electron chi connectivity index (χ1n) is 5.00. The molecule has 2 amide bonds. The maximum atomic E-state index is 11.3. The van der Waals surface area contributed by atoms with Gasteiger partial charge in [0, 0.05) is 19.3 Å². The summed E-state index contributed by atoms with van der Waals surface area (Å²) < 4.78 is 0. The molecule has 0 fully saturated rings. The van der Waals surface area contributed by atoms with E-state index in [4.69, 9.17) is 31.9 Å². The molecular formula is C9H18N2O6. The number of hydrogen-bond acceptors (Lipinski definition) is 6. The Hall–Kier alpha value is -1.22. The van der Waals surface area contributed by atoms with Gasteiger partial charge in [-0.2, -0.15) is 0 Å². The summed E-state index contributed by atoms with van der Waals surface area (Å²) in [6.07, 6.45) is -5.08. The highest BCUT2D eigenvalue weighted by atomic mass is 16.5. The van der Waals surface area contributed by atoms with Crippen molar-refractivity contribution in [3.8, 4) is 0 Å². The number of primary amides is 2. The summed E-state index contributed by atoms with van der Waals surface area (Å²) in [5.41, 5.74) is 8.45. The zero-order chi connectivity index (χ0) is 13.6. The minimum absolute atomic E-state index is 0.174. The fourth-order valence-electron chi connectivity index (χ4n) is 1.67. The molecule has 0 atom stereocenters. The molecule has 0 aliphatic carbocycles. The highest BCUT2D eigenvalue weighted by Gasteiger charge is 2.40. The summed E-state index contributed by atoms with van der Waals surface area (Å²) in [6, 6.07) is 0. The summed E-state index contributed by atoms with van der Waals surface area (Å²) in [5, 5.41) is 35.5. The molecule has 0 radical (unpaired) electrons. The second kappa shape index (κ2) is 6.50. The number of aliphatic hydroxyl groups is 4. The van der Waals surface area contributed by atoms with E-state index < -0.39 is 42.7 Å². The van der Waals surface area contributed by atoms with E-state index in [1.54, 1.807) is 0 Å². The highest BCUT2D eigenvalue weighted by Crippen LogP contribution is 2.34. The maximum Gasteiger partial charge on any atom is 0.224 e. The average molecular weight is 250 g/mol. The average Bonchev–Trinajstić information content (AvgIpc) is 2.11. The van der Waals surface area contributed by atoms with Gasteiger partial charge in [0.1, 0.15) is 0 Å².